The molecule has 7 heteroatoms. The Balaban J connectivity index is 1.42. The van der Waals surface area contributed by atoms with E-state index < -0.39 is 11.8 Å². The summed E-state index contributed by atoms with van der Waals surface area (Å²) in [6.45, 7) is 4.39. The van der Waals surface area contributed by atoms with Crippen LogP contribution in [-0.2, 0) is 16.2 Å². The Morgan fingerprint density at radius 1 is 0.938 bits per heavy atom. The van der Waals surface area contributed by atoms with Gasteiger partial charge >= 0.3 is 0 Å². The molecule has 0 heterocycles. The number of nitrogens with zero attached hydrogens (tertiary/aromatic N) is 1. The first-order valence-electron chi connectivity index (χ1n) is 10.1. The number of carbonyl (C=O) groups is 2. The lowest BCUT2D eigenvalue weighted by Crippen LogP contribution is -2.24. The summed E-state index contributed by atoms with van der Waals surface area (Å²) in [7, 11) is 0. The molecule has 0 atom stereocenters. The van der Waals surface area contributed by atoms with Gasteiger partial charge in [0.25, 0.3) is 0 Å². The SMILES string of the molecule is Cc1ccc(NC(=O)CC(=O)NN=Cc2ccc(OCc3ccc(Cl)cc3)cc2)cc1C. The van der Waals surface area contributed by atoms with Crippen molar-refractivity contribution in [2.75, 3.05) is 5.32 Å². The van der Waals surface area contributed by atoms with E-state index in [0.717, 1.165) is 22.3 Å². The van der Waals surface area contributed by atoms with Crippen LogP contribution in [0.2, 0.25) is 5.02 Å². The van der Waals surface area contributed by atoms with Crippen LogP contribution < -0.4 is 15.5 Å². The van der Waals surface area contributed by atoms with Gasteiger partial charge in [0.2, 0.25) is 11.8 Å². The number of halogens is 1. The molecule has 2 N–H and O–H groups in total. The van der Waals surface area contributed by atoms with Gasteiger partial charge in [0.05, 0.1) is 6.21 Å². The van der Waals surface area contributed by atoms with Gasteiger partial charge in [0.1, 0.15) is 18.8 Å². The molecule has 0 unspecified atom stereocenters. The molecule has 3 aromatic rings. The molecule has 0 aliphatic rings. The zero-order valence-electron chi connectivity index (χ0n) is 17.9. The number of aryl methyl sites for hydroxylation is 2. The molecule has 2 amide bonds. The average molecular weight is 450 g/mol. The zero-order valence-corrected chi connectivity index (χ0v) is 18.6. The van der Waals surface area contributed by atoms with Crippen molar-refractivity contribution in [2.24, 2.45) is 5.10 Å². The van der Waals surface area contributed by atoms with E-state index in [2.05, 4.69) is 15.8 Å². The van der Waals surface area contributed by atoms with Crippen LogP contribution in [0, 0.1) is 13.8 Å². The molecule has 0 spiro atoms. The maximum Gasteiger partial charge on any atom is 0.249 e. The van der Waals surface area contributed by atoms with Gasteiger partial charge in [-0.15, -0.1) is 0 Å². The molecule has 0 aliphatic heterocycles. The Hall–Kier alpha value is -3.64. The monoisotopic (exact) mass is 449 g/mol. The number of rotatable bonds is 8. The topological polar surface area (TPSA) is 79.8 Å². The van der Waals surface area contributed by atoms with E-state index >= 15 is 0 Å². The summed E-state index contributed by atoms with van der Waals surface area (Å²) < 4.78 is 5.73. The van der Waals surface area contributed by atoms with Gasteiger partial charge in [0.15, 0.2) is 0 Å². The lowest BCUT2D eigenvalue weighted by molar-refractivity contribution is -0.126. The van der Waals surface area contributed by atoms with E-state index in [1.807, 2.05) is 74.5 Å². The van der Waals surface area contributed by atoms with Crippen LogP contribution in [0.15, 0.2) is 71.8 Å². The molecular formula is C25H24ClN3O3. The summed E-state index contributed by atoms with van der Waals surface area (Å²) in [5.41, 5.74) is 7.02. The van der Waals surface area contributed by atoms with E-state index in [0.29, 0.717) is 23.1 Å². The maximum absolute atomic E-state index is 12.0. The first-order chi connectivity index (χ1) is 15.4. The normalized spacial score (nSPS) is 10.7. The number of anilines is 1. The molecule has 0 radical (unpaired) electrons. The number of hydrazone groups is 1. The molecule has 0 saturated heterocycles. The predicted molar refractivity (Wildman–Crippen MR) is 127 cm³/mol. The number of amides is 2. The highest BCUT2D eigenvalue weighted by Crippen LogP contribution is 2.16. The van der Waals surface area contributed by atoms with Gasteiger partial charge in [-0.3, -0.25) is 9.59 Å². The quantitative estimate of drug-likeness (QED) is 0.288. The van der Waals surface area contributed by atoms with Gasteiger partial charge in [-0.05, 0) is 84.6 Å². The second-order valence-corrected chi connectivity index (χ2v) is 7.74. The Labute approximate surface area is 192 Å². The van der Waals surface area contributed by atoms with Crippen molar-refractivity contribution < 1.29 is 14.3 Å². The minimum absolute atomic E-state index is 0.318. The van der Waals surface area contributed by atoms with Crippen molar-refractivity contribution in [1.82, 2.24) is 5.43 Å². The number of hydrogen-bond acceptors (Lipinski definition) is 4. The van der Waals surface area contributed by atoms with E-state index in [4.69, 9.17) is 16.3 Å². The second kappa shape index (κ2) is 11.1. The second-order valence-electron chi connectivity index (χ2n) is 7.30. The maximum atomic E-state index is 12.0. The van der Waals surface area contributed by atoms with Gasteiger partial charge in [-0.2, -0.15) is 5.10 Å². The van der Waals surface area contributed by atoms with Gasteiger partial charge in [-0.25, -0.2) is 5.43 Å². The molecule has 0 saturated carbocycles. The fourth-order valence-electron chi connectivity index (χ4n) is 2.79. The lowest BCUT2D eigenvalue weighted by atomic mass is 10.1. The zero-order chi connectivity index (χ0) is 22.9. The lowest BCUT2D eigenvalue weighted by Gasteiger charge is -2.07. The number of carbonyl (C=O) groups excluding carboxylic acids is 2. The molecule has 0 bridgehead atoms. The third kappa shape index (κ3) is 7.25. The van der Waals surface area contributed by atoms with Gasteiger partial charge in [-0.1, -0.05) is 29.8 Å². The fourth-order valence-corrected chi connectivity index (χ4v) is 2.91. The molecule has 32 heavy (non-hydrogen) atoms. The van der Waals surface area contributed by atoms with E-state index in [1.165, 1.54) is 6.21 Å². The number of hydrogen-bond donors (Lipinski definition) is 2. The largest absolute Gasteiger partial charge is 0.489 e. The fraction of sp³-hybridized carbons (Fsp3) is 0.160. The molecule has 3 rings (SSSR count). The van der Waals surface area contributed by atoms with Gasteiger partial charge in [0, 0.05) is 10.7 Å². The number of benzene rings is 3. The van der Waals surface area contributed by atoms with Crippen LogP contribution in [0.5, 0.6) is 5.75 Å². The first-order valence-corrected chi connectivity index (χ1v) is 10.4. The van der Waals surface area contributed by atoms with E-state index in [9.17, 15) is 9.59 Å². The third-order valence-corrected chi connectivity index (χ3v) is 4.97. The standard InChI is InChI=1S/C25H24ClN3O3/c1-17-3-10-22(13-18(17)2)28-24(30)14-25(31)29-27-15-19-6-11-23(12-7-19)32-16-20-4-8-21(26)9-5-20/h3-13,15H,14,16H2,1-2H3,(H,28,30)(H,29,31). The molecule has 0 fully saturated rings. The summed E-state index contributed by atoms with van der Waals surface area (Å²) in [5, 5.41) is 7.30. The highest BCUT2D eigenvalue weighted by Gasteiger charge is 2.09. The van der Waals surface area contributed by atoms with Crippen molar-refractivity contribution in [2.45, 2.75) is 26.9 Å². The summed E-state index contributed by atoms with van der Waals surface area (Å²) in [6.07, 6.45) is 1.18. The predicted octanol–water partition coefficient (Wildman–Crippen LogP) is 5.01. The molecule has 0 aliphatic carbocycles. The van der Waals surface area contributed by atoms with Gasteiger partial charge < -0.3 is 10.1 Å². The van der Waals surface area contributed by atoms with Crippen LogP contribution in [-0.4, -0.2) is 18.0 Å². The van der Waals surface area contributed by atoms with Crippen molar-refractivity contribution in [1.29, 1.82) is 0 Å². The van der Waals surface area contributed by atoms with Crippen LogP contribution in [0.25, 0.3) is 0 Å². The summed E-state index contributed by atoms with van der Waals surface area (Å²) >= 11 is 5.88. The van der Waals surface area contributed by atoms with E-state index in [1.54, 1.807) is 6.07 Å². The number of nitrogens with one attached hydrogen (secondary N) is 2. The van der Waals surface area contributed by atoms with Crippen molar-refractivity contribution in [3.05, 3.63) is 94.0 Å². The summed E-state index contributed by atoms with van der Waals surface area (Å²) in [5.74, 6) is -0.183. The van der Waals surface area contributed by atoms with Crippen LogP contribution in [0.3, 0.4) is 0 Å². The van der Waals surface area contributed by atoms with Crippen LogP contribution >= 0.6 is 11.6 Å². The Morgan fingerprint density at radius 3 is 2.34 bits per heavy atom. The van der Waals surface area contributed by atoms with Crippen molar-refractivity contribution in [3.63, 3.8) is 0 Å². The molecular weight excluding hydrogens is 426 g/mol. The smallest absolute Gasteiger partial charge is 0.249 e. The van der Waals surface area contributed by atoms with Crippen molar-refractivity contribution in [3.8, 4) is 5.75 Å². The van der Waals surface area contributed by atoms with Crippen LogP contribution in [0.1, 0.15) is 28.7 Å². The molecule has 3 aromatic carbocycles. The Kier molecular flexibility index (Phi) is 8.00. The Morgan fingerprint density at radius 2 is 1.66 bits per heavy atom. The average Bonchev–Trinajstić information content (AvgIpc) is 2.77. The minimum atomic E-state index is -0.495. The van der Waals surface area contributed by atoms with E-state index in [-0.39, 0.29) is 6.42 Å². The molecule has 164 valence electrons. The summed E-state index contributed by atoms with van der Waals surface area (Å²) in [4.78, 5) is 24.0. The van der Waals surface area contributed by atoms with Crippen molar-refractivity contribution >= 4 is 35.3 Å². The first kappa shape index (κ1) is 23.0. The molecule has 0 aromatic heterocycles. The summed E-state index contributed by atoms with van der Waals surface area (Å²) in [6, 6.07) is 20.3. The Bertz CT molecular complexity index is 1110. The molecule has 6 nitrogen and oxygen atoms in total. The highest BCUT2D eigenvalue weighted by atomic mass is 35.5. The third-order valence-electron chi connectivity index (χ3n) is 4.71. The minimum Gasteiger partial charge on any atom is -0.489 e. The van der Waals surface area contributed by atoms with Crippen LogP contribution in [0.4, 0.5) is 5.69 Å². The number of ether oxygens (including phenoxy) is 1. The highest BCUT2D eigenvalue weighted by molar-refractivity contribution is 6.30.